The summed E-state index contributed by atoms with van der Waals surface area (Å²) in [6.07, 6.45) is 10.8. The molecule has 0 aromatic carbocycles. The average Bonchev–Trinajstić information content (AvgIpc) is 3.40. The average molecular weight is 1140 g/mol. The van der Waals surface area contributed by atoms with Gasteiger partial charge in [-0.15, -0.1) is 0 Å². The van der Waals surface area contributed by atoms with E-state index in [2.05, 4.69) is 26.6 Å². The summed E-state index contributed by atoms with van der Waals surface area (Å²) < 4.78 is 5.28. The van der Waals surface area contributed by atoms with Crippen LogP contribution in [-0.4, -0.2) is 221 Å². The van der Waals surface area contributed by atoms with Crippen LogP contribution in [0.25, 0.3) is 0 Å². The number of nitrogens with one attached hydrogen (secondary N) is 5. The summed E-state index contributed by atoms with van der Waals surface area (Å²) in [5, 5.41) is 13.6. The van der Waals surface area contributed by atoms with Crippen LogP contribution in [0.1, 0.15) is 149 Å². The normalized spacial score (nSPS) is 11.0. The van der Waals surface area contributed by atoms with Crippen LogP contribution in [0.3, 0.4) is 0 Å². The lowest BCUT2D eigenvalue weighted by Gasteiger charge is -2.26. The van der Waals surface area contributed by atoms with Gasteiger partial charge in [-0.05, 0) is 118 Å². The van der Waals surface area contributed by atoms with E-state index in [0.717, 1.165) is 44.9 Å². The van der Waals surface area contributed by atoms with E-state index < -0.39 is 35.3 Å². The molecule has 0 saturated carbocycles. The number of alkyl carbamates (subject to hydrolysis) is 1. The summed E-state index contributed by atoms with van der Waals surface area (Å²) in [5.74, 6) is -3.25. The van der Waals surface area contributed by atoms with Gasteiger partial charge in [0, 0.05) is 105 Å². The van der Waals surface area contributed by atoms with Crippen molar-refractivity contribution >= 4 is 59.3 Å². The minimum atomic E-state index is -0.726. The van der Waals surface area contributed by atoms with Gasteiger partial charge in [0.05, 0.1) is 26.2 Å². The Hall–Kier alpha value is -5.70. The fraction of sp³-hybridized carbons (Fsp3) is 0.815. The molecule has 0 aromatic heterocycles. The molecular weight excluding hydrogens is 1030 g/mol. The van der Waals surface area contributed by atoms with Gasteiger partial charge in [-0.2, -0.15) is 0 Å². The van der Waals surface area contributed by atoms with Crippen molar-refractivity contribution in [1.82, 2.24) is 51.1 Å². The molecule has 0 saturated heterocycles. The number of likely N-dealkylation sites (N-methyl/N-ethyl adjacent to an activating group) is 1. The van der Waals surface area contributed by atoms with E-state index in [1.54, 1.807) is 32.7 Å². The molecule has 10 amide bonds. The highest BCUT2D eigenvalue weighted by Crippen LogP contribution is 2.09. The van der Waals surface area contributed by atoms with Gasteiger partial charge < -0.3 is 84.5 Å². The van der Waals surface area contributed by atoms with Gasteiger partial charge >= 0.3 is 6.09 Å². The van der Waals surface area contributed by atoms with Gasteiger partial charge in [0.1, 0.15) is 5.60 Å². The molecule has 0 rings (SSSR count). The lowest BCUT2D eigenvalue weighted by atomic mass is 10.1. The number of amides is 10. The van der Waals surface area contributed by atoms with E-state index in [0.29, 0.717) is 90.5 Å². The molecule has 0 bridgehead atoms. The first-order valence-electron chi connectivity index (χ1n) is 29.1. The predicted molar refractivity (Wildman–Crippen MR) is 308 cm³/mol. The maximum atomic E-state index is 13.5. The summed E-state index contributed by atoms with van der Waals surface area (Å²) in [7, 11) is 1.67. The Kier molecular flexibility index (Phi) is 43.6. The van der Waals surface area contributed by atoms with Crippen molar-refractivity contribution in [2.45, 2.75) is 155 Å². The first-order valence-corrected chi connectivity index (χ1v) is 29.1. The number of ether oxygens (including phenoxy) is 1. The highest BCUT2D eigenvalue weighted by molar-refractivity contribution is 5.87. The Balaban J connectivity index is 5.82. The molecule has 0 heterocycles. The van der Waals surface area contributed by atoms with Gasteiger partial charge in [-0.3, -0.25) is 43.2 Å². The second-order valence-corrected chi connectivity index (χ2v) is 20.9. The molecule has 26 heteroatoms. The van der Waals surface area contributed by atoms with Crippen LogP contribution in [-0.2, 0) is 47.9 Å². The Bertz CT molecular complexity index is 1810. The number of carbonyl (C=O) groups excluding carboxylic acids is 10. The van der Waals surface area contributed by atoms with Crippen molar-refractivity contribution < 1.29 is 52.7 Å². The molecule has 26 nitrogen and oxygen atoms in total. The lowest BCUT2D eigenvalue weighted by molar-refractivity contribution is -0.137. The molecule has 0 fully saturated rings. The zero-order valence-electron chi connectivity index (χ0n) is 49.2. The van der Waals surface area contributed by atoms with Crippen LogP contribution in [0.4, 0.5) is 4.79 Å². The number of nitrogens with two attached hydrogens (primary N) is 5. The quantitative estimate of drug-likeness (QED) is 0.0338. The topological polar surface area (TPSA) is 386 Å². The molecule has 80 heavy (non-hydrogen) atoms. The van der Waals surface area contributed by atoms with Crippen molar-refractivity contribution in [1.29, 1.82) is 0 Å². The van der Waals surface area contributed by atoms with E-state index in [4.69, 9.17) is 33.4 Å². The minimum absolute atomic E-state index is 0.00820. The SMILES string of the molecule is CN(CCNC(=O)CN(CCNC(=O)CN(CCNC(=O)CN(CCNC(=O)CN(CCNC(=O)OC(C)(C)C)C(=O)CCCCCN)C(=O)CCCCCN)C(=O)CCCCCN)C(=O)CCCCCN)C(=O)CCCCCN. The van der Waals surface area contributed by atoms with E-state index in [9.17, 15) is 47.9 Å². The van der Waals surface area contributed by atoms with E-state index >= 15 is 0 Å². The largest absolute Gasteiger partial charge is 0.444 e. The van der Waals surface area contributed by atoms with Gasteiger partial charge in [0.2, 0.25) is 53.2 Å². The Morgan fingerprint density at radius 1 is 0.338 bits per heavy atom. The smallest absolute Gasteiger partial charge is 0.407 e. The summed E-state index contributed by atoms with van der Waals surface area (Å²) in [5.41, 5.74) is 27.4. The second-order valence-electron chi connectivity index (χ2n) is 20.9. The van der Waals surface area contributed by atoms with Crippen molar-refractivity contribution in [2.24, 2.45) is 28.7 Å². The standard InChI is InChI=1S/C54H105N15O11/c1-54(2,3)80-53(79)64-34-39-69(52(78)24-14-9-19-29-59)43-47(73)63-33-38-68(51(77)23-13-8-18-28-58)42-46(72)62-32-37-67(50(76)22-12-7-17-27-57)41-45(71)61-31-36-66(49(75)21-11-6-16-26-56)40-44(70)60-30-35-65(4)48(74)20-10-5-15-25-55/h5-43,55-59H2,1-4H3,(H,60,70)(H,61,71)(H,62,72)(H,63,73)(H,64,79). The van der Waals surface area contributed by atoms with Crippen LogP contribution < -0.4 is 55.3 Å². The Morgan fingerprint density at radius 2 is 0.575 bits per heavy atom. The predicted octanol–water partition coefficient (Wildman–Crippen LogP) is -0.656. The monoisotopic (exact) mass is 1140 g/mol. The number of hydrogen-bond donors (Lipinski definition) is 10. The van der Waals surface area contributed by atoms with E-state index in [-0.39, 0.29) is 147 Å². The third-order valence-electron chi connectivity index (χ3n) is 12.6. The van der Waals surface area contributed by atoms with Crippen molar-refractivity contribution in [2.75, 3.05) is 131 Å². The van der Waals surface area contributed by atoms with Gasteiger partial charge in [0.15, 0.2) is 0 Å². The number of hydrogen-bond acceptors (Lipinski definition) is 16. The fourth-order valence-corrected chi connectivity index (χ4v) is 7.98. The zero-order chi connectivity index (χ0) is 60.0. The van der Waals surface area contributed by atoms with Gasteiger partial charge in [-0.25, -0.2) is 4.79 Å². The molecule has 0 unspecified atom stereocenters. The summed E-state index contributed by atoms with van der Waals surface area (Å²) >= 11 is 0. The molecule has 0 radical (unpaired) electrons. The molecule has 462 valence electrons. The van der Waals surface area contributed by atoms with Gasteiger partial charge in [-0.1, -0.05) is 32.1 Å². The molecule has 0 aliphatic rings. The summed E-state index contributed by atoms with van der Waals surface area (Å²) in [4.78, 5) is 138. The highest BCUT2D eigenvalue weighted by Gasteiger charge is 2.24. The first kappa shape index (κ1) is 74.3. The van der Waals surface area contributed by atoms with Crippen LogP contribution in [0.15, 0.2) is 0 Å². The van der Waals surface area contributed by atoms with Crippen LogP contribution in [0.5, 0.6) is 0 Å². The van der Waals surface area contributed by atoms with Crippen molar-refractivity contribution in [3.8, 4) is 0 Å². The van der Waals surface area contributed by atoms with Gasteiger partial charge in [0.25, 0.3) is 0 Å². The van der Waals surface area contributed by atoms with Crippen molar-refractivity contribution in [3.05, 3.63) is 0 Å². The molecule has 0 spiro atoms. The summed E-state index contributed by atoms with van der Waals surface area (Å²) in [6, 6.07) is 0. The molecule has 15 N–H and O–H groups in total. The molecule has 0 aliphatic heterocycles. The zero-order valence-corrected chi connectivity index (χ0v) is 49.2. The number of unbranched alkanes of at least 4 members (excludes halogenated alkanes) is 10. The molecule has 0 atom stereocenters. The van der Waals surface area contributed by atoms with E-state index in [1.165, 1.54) is 19.6 Å². The van der Waals surface area contributed by atoms with Crippen molar-refractivity contribution in [3.63, 3.8) is 0 Å². The molecular formula is C54H105N15O11. The summed E-state index contributed by atoms with van der Waals surface area (Å²) in [6.45, 7) is 6.70. The van der Waals surface area contributed by atoms with Crippen LogP contribution >= 0.6 is 0 Å². The maximum Gasteiger partial charge on any atom is 0.407 e. The fourth-order valence-electron chi connectivity index (χ4n) is 7.98. The van der Waals surface area contributed by atoms with E-state index in [1.807, 2.05) is 0 Å². The third kappa shape index (κ3) is 40.5. The van der Waals surface area contributed by atoms with Crippen LogP contribution in [0.2, 0.25) is 0 Å². The third-order valence-corrected chi connectivity index (χ3v) is 12.6. The number of nitrogens with zero attached hydrogens (tertiary/aromatic N) is 5. The highest BCUT2D eigenvalue weighted by atomic mass is 16.6. The lowest BCUT2D eigenvalue weighted by Crippen LogP contribution is -2.49. The second kappa shape index (κ2) is 47.0. The van der Waals surface area contributed by atoms with Crippen LogP contribution in [0, 0.1) is 0 Å². The molecule has 0 aliphatic carbocycles. The Labute approximate surface area is 476 Å². The number of rotatable bonds is 48. The number of carbonyl (C=O) groups is 10. The maximum absolute atomic E-state index is 13.5. The molecule has 0 aromatic rings. The Morgan fingerprint density at radius 3 is 0.825 bits per heavy atom. The first-order chi connectivity index (χ1) is 38.2. The minimum Gasteiger partial charge on any atom is -0.444 e.